The van der Waals surface area contributed by atoms with E-state index in [-0.39, 0.29) is 11.6 Å². The summed E-state index contributed by atoms with van der Waals surface area (Å²) in [7, 11) is 1.81. The van der Waals surface area contributed by atoms with Crippen LogP contribution >= 0.6 is 15.9 Å². The van der Waals surface area contributed by atoms with Crippen LogP contribution in [0.5, 0.6) is 0 Å². The van der Waals surface area contributed by atoms with E-state index in [0.717, 1.165) is 12.8 Å². The molecule has 2 aromatic rings. The van der Waals surface area contributed by atoms with Crippen molar-refractivity contribution in [2.45, 2.75) is 25.3 Å². The van der Waals surface area contributed by atoms with Gasteiger partial charge in [-0.25, -0.2) is 8.78 Å². The summed E-state index contributed by atoms with van der Waals surface area (Å²) in [4.78, 5) is 3.97. The molecule has 2 rings (SSSR count). The van der Waals surface area contributed by atoms with E-state index < -0.39 is 11.6 Å². The van der Waals surface area contributed by atoms with Crippen LogP contribution in [0.25, 0.3) is 0 Å². The molecule has 1 unspecified atom stereocenters. The molecule has 1 N–H and O–H groups in total. The Bertz CT molecular complexity index is 590. The van der Waals surface area contributed by atoms with Crippen LogP contribution in [0, 0.1) is 11.6 Å². The molecule has 0 amide bonds. The highest BCUT2D eigenvalue weighted by Crippen LogP contribution is 2.23. The number of hydrogen-bond acceptors (Lipinski definition) is 2. The highest BCUT2D eigenvalue weighted by Gasteiger charge is 2.16. The third-order valence-electron chi connectivity index (χ3n) is 3.53. The van der Waals surface area contributed by atoms with Crippen LogP contribution in [0.15, 0.2) is 41.1 Å². The fraction of sp³-hybridized carbons (Fsp3) is 0.312. The van der Waals surface area contributed by atoms with Crippen molar-refractivity contribution in [1.29, 1.82) is 0 Å². The Morgan fingerprint density at radius 3 is 2.57 bits per heavy atom. The number of benzene rings is 1. The van der Waals surface area contributed by atoms with Crippen LogP contribution in [0.3, 0.4) is 0 Å². The minimum Gasteiger partial charge on any atom is -0.317 e. The summed E-state index contributed by atoms with van der Waals surface area (Å²) >= 11 is 3.10. The average Bonchev–Trinajstić information content (AvgIpc) is 2.51. The van der Waals surface area contributed by atoms with E-state index in [1.165, 1.54) is 17.7 Å². The molecule has 0 aliphatic carbocycles. The molecule has 0 radical (unpaired) electrons. The molecule has 112 valence electrons. The molecule has 1 aromatic carbocycles. The van der Waals surface area contributed by atoms with E-state index >= 15 is 0 Å². The van der Waals surface area contributed by atoms with Gasteiger partial charge in [-0.3, -0.25) is 4.98 Å². The van der Waals surface area contributed by atoms with E-state index in [1.54, 1.807) is 12.4 Å². The second-order valence-corrected chi connectivity index (χ2v) is 5.76. The first-order valence-corrected chi connectivity index (χ1v) is 7.59. The Morgan fingerprint density at radius 1 is 1.19 bits per heavy atom. The summed E-state index contributed by atoms with van der Waals surface area (Å²) in [6.07, 6.45) is 5.45. The first kappa shape index (κ1) is 16.0. The first-order chi connectivity index (χ1) is 10.1. The Balaban J connectivity index is 2.04. The number of halogens is 3. The molecule has 2 nitrogen and oxygen atoms in total. The molecule has 0 spiro atoms. The summed E-state index contributed by atoms with van der Waals surface area (Å²) in [5, 5.41) is 3.13. The maximum Gasteiger partial charge on any atom is 0.143 e. The largest absolute Gasteiger partial charge is 0.317 e. The highest BCUT2D eigenvalue weighted by molar-refractivity contribution is 9.10. The zero-order valence-corrected chi connectivity index (χ0v) is 13.3. The van der Waals surface area contributed by atoms with E-state index in [0.29, 0.717) is 10.9 Å². The van der Waals surface area contributed by atoms with Crippen molar-refractivity contribution >= 4 is 15.9 Å². The molecule has 5 heteroatoms. The van der Waals surface area contributed by atoms with Crippen LogP contribution in [0.2, 0.25) is 0 Å². The van der Waals surface area contributed by atoms with Crippen molar-refractivity contribution in [2.75, 3.05) is 7.05 Å². The number of nitrogens with zero attached hydrogens (tertiary/aromatic N) is 1. The Morgan fingerprint density at radius 2 is 1.90 bits per heavy atom. The number of nitrogens with one attached hydrogen (secondary N) is 1. The van der Waals surface area contributed by atoms with Crippen molar-refractivity contribution < 1.29 is 8.78 Å². The second-order valence-electron chi connectivity index (χ2n) is 4.91. The molecule has 0 saturated carbocycles. The molecule has 0 bridgehead atoms. The highest BCUT2D eigenvalue weighted by atomic mass is 79.9. The molecule has 0 saturated heterocycles. The van der Waals surface area contributed by atoms with Crippen molar-refractivity contribution in [3.63, 3.8) is 0 Å². The van der Waals surface area contributed by atoms with E-state index in [4.69, 9.17) is 0 Å². The molecular weight excluding hydrogens is 338 g/mol. The van der Waals surface area contributed by atoms with Crippen molar-refractivity contribution in [3.8, 4) is 0 Å². The predicted octanol–water partition coefficient (Wildman–Crippen LogP) is 3.89. The molecule has 1 atom stereocenters. The molecule has 1 heterocycles. The van der Waals surface area contributed by atoms with Gasteiger partial charge in [0, 0.05) is 24.0 Å². The van der Waals surface area contributed by atoms with Gasteiger partial charge in [0.1, 0.15) is 11.6 Å². The third kappa shape index (κ3) is 4.32. The lowest BCUT2D eigenvalue weighted by molar-refractivity contribution is 0.481. The van der Waals surface area contributed by atoms with E-state index in [2.05, 4.69) is 26.2 Å². The fourth-order valence-corrected chi connectivity index (χ4v) is 2.61. The lowest BCUT2D eigenvalue weighted by atomic mass is 9.99. The third-order valence-corrected chi connectivity index (χ3v) is 4.14. The van der Waals surface area contributed by atoms with Crippen LogP contribution in [0.1, 0.15) is 17.5 Å². The molecule has 21 heavy (non-hydrogen) atoms. The van der Waals surface area contributed by atoms with Crippen LogP contribution < -0.4 is 5.32 Å². The van der Waals surface area contributed by atoms with Gasteiger partial charge in [-0.15, -0.1) is 0 Å². The smallest absolute Gasteiger partial charge is 0.143 e. The van der Waals surface area contributed by atoms with Crippen LogP contribution in [0.4, 0.5) is 8.78 Å². The first-order valence-electron chi connectivity index (χ1n) is 6.80. The number of aromatic nitrogens is 1. The van der Waals surface area contributed by atoms with Gasteiger partial charge in [0.2, 0.25) is 0 Å². The van der Waals surface area contributed by atoms with Gasteiger partial charge < -0.3 is 5.32 Å². The maximum atomic E-state index is 14.0. The topological polar surface area (TPSA) is 24.9 Å². The minimum absolute atomic E-state index is 0.0106. The van der Waals surface area contributed by atoms with Crippen molar-refractivity contribution in [3.05, 3.63) is 63.9 Å². The Labute approximate surface area is 131 Å². The van der Waals surface area contributed by atoms with E-state index in [1.807, 2.05) is 19.2 Å². The van der Waals surface area contributed by atoms with Gasteiger partial charge in [0.15, 0.2) is 0 Å². The number of aryl methyl sites for hydroxylation is 1. The van der Waals surface area contributed by atoms with Crippen LogP contribution in [-0.2, 0) is 12.8 Å². The molecule has 1 aromatic heterocycles. The molecule has 0 aliphatic rings. The molecular formula is C16H17BrF2N2. The summed E-state index contributed by atoms with van der Waals surface area (Å²) in [6, 6.07) is 6.59. The van der Waals surface area contributed by atoms with Crippen molar-refractivity contribution in [1.82, 2.24) is 10.3 Å². The zero-order valence-electron chi connectivity index (χ0n) is 11.7. The van der Waals surface area contributed by atoms with Gasteiger partial charge in [-0.2, -0.15) is 0 Å². The van der Waals surface area contributed by atoms with Gasteiger partial charge in [-0.05, 0) is 72.1 Å². The summed E-state index contributed by atoms with van der Waals surface area (Å²) in [5.74, 6) is -1.01. The lowest BCUT2D eigenvalue weighted by Crippen LogP contribution is -2.29. The zero-order chi connectivity index (χ0) is 15.2. The van der Waals surface area contributed by atoms with Crippen molar-refractivity contribution in [2.24, 2.45) is 0 Å². The fourth-order valence-electron chi connectivity index (χ4n) is 2.24. The van der Waals surface area contributed by atoms with Crippen LogP contribution in [-0.4, -0.2) is 18.1 Å². The van der Waals surface area contributed by atoms with Gasteiger partial charge in [0.05, 0.1) is 4.47 Å². The Kier molecular flexibility index (Phi) is 5.82. The quantitative estimate of drug-likeness (QED) is 0.796. The monoisotopic (exact) mass is 354 g/mol. The van der Waals surface area contributed by atoms with Gasteiger partial charge in [-0.1, -0.05) is 0 Å². The molecule has 0 fully saturated rings. The van der Waals surface area contributed by atoms with E-state index in [9.17, 15) is 8.78 Å². The number of likely N-dealkylation sites (N-methyl/N-ethyl adjacent to an activating group) is 1. The minimum atomic E-state index is -0.515. The standard InChI is InChI=1S/C16H17BrF2N2/c1-20-12(3-2-11-6-8-21-9-7-11)10-13-15(18)5-4-14(17)16(13)19/h4-9,12,20H,2-3,10H2,1H3. The SMILES string of the molecule is CNC(CCc1ccncc1)Cc1c(F)ccc(Br)c1F. The summed E-state index contributed by atoms with van der Waals surface area (Å²) in [6.45, 7) is 0. The average molecular weight is 355 g/mol. The maximum absolute atomic E-state index is 14.0. The lowest BCUT2D eigenvalue weighted by Gasteiger charge is -2.17. The number of pyridine rings is 1. The Hall–Kier alpha value is -1.33. The summed E-state index contributed by atoms with van der Waals surface area (Å²) < 4.78 is 28.1. The van der Waals surface area contributed by atoms with Gasteiger partial charge in [0.25, 0.3) is 0 Å². The number of rotatable bonds is 6. The molecule has 0 aliphatic heterocycles. The predicted molar refractivity (Wildman–Crippen MR) is 83.2 cm³/mol. The second kappa shape index (κ2) is 7.61. The number of hydrogen-bond donors (Lipinski definition) is 1. The normalized spacial score (nSPS) is 12.4. The van der Waals surface area contributed by atoms with Gasteiger partial charge >= 0.3 is 0 Å². The summed E-state index contributed by atoms with van der Waals surface area (Å²) in [5.41, 5.74) is 1.29.